The first kappa shape index (κ1) is 4.97. The third-order valence-corrected chi connectivity index (χ3v) is 1.48. The van der Waals surface area contributed by atoms with Gasteiger partial charge in [-0.1, -0.05) is 6.92 Å². The number of halogens is 2. The number of hydrogen-bond acceptors (Lipinski definition) is 1. The molecular formula is C4H7F2N. The second-order valence-corrected chi connectivity index (χ2v) is 1.99. The highest BCUT2D eigenvalue weighted by molar-refractivity contribution is 5.06. The number of nitrogens with two attached hydrogens (primary N) is 1. The van der Waals surface area contributed by atoms with Crippen molar-refractivity contribution in [2.24, 2.45) is 11.7 Å². The van der Waals surface area contributed by atoms with Crippen molar-refractivity contribution < 1.29 is 8.78 Å². The minimum Gasteiger partial charge on any atom is -0.322 e. The fraction of sp³-hybridized carbons (Fsp3) is 1.00. The maximum absolute atomic E-state index is 11.8. The zero-order chi connectivity index (χ0) is 5.65. The molecule has 1 nitrogen and oxygen atoms in total. The molecule has 0 heterocycles. The molecule has 1 aliphatic carbocycles. The Bertz CT molecular complexity index is 81.7. The van der Waals surface area contributed by atoms with Crippen molar-refractivity contribution in [3.8, 4) is 0 Å². The summed E-state index contributed by atoms with van der Waals surface area (Å²) in [6.45, 7) is 1.45. The van der Waals surface area contributed by atoms with Gasteiger partial charge in [0.1, 0.15) is 0 Å². The normalized spacial score (nSPS) is 46.3. The number of hydrogen-bond donors (Lipinski definition) is 1. The predicted molar refractivity (Wildman–Crippen MR) is 22.1 cm³/mol. The Morgan fingerprint density at radius 2 is 1.71 bits per heavy atom. The fourth-order valence-electron chi connectivity index (χ4n) is 0.510. The van der Waals surface area contributed by atoms with Gasteiger partial charge in [0, 0.05) is 5.92 Å². The molecule has 7 heavy (non-hydrogen) atoms. The first-order valence-corrected chi connectivity index (χ1v) is 2.20. The van der Waals surface area contributed by atoms with Crippen LogP contribution in [0.1, 0.15) is 6.92 Å². The van der Waals surface area contributed by atoms with Crippen LogP contribution >= 0.6 is 0 Å². The van der Waals surface area contributed by atoms with Crippen LogP contribution in [0.15, 0.2) is 0 Å². The molecule has 0 aromatic rings. The van der Waals surface area contributed by atoms with E-state index in [0.717, 1.165) is 0 Å². The second kappa shape index (κ2) is 0.968. The van der Waals surface area contributed by atoms with Crippen molar-refractivity contribution >= 4 is 0 Å². The van der Waals surface area contributed by atoms with Crippen LogP contribution in [0.2, 0.25) is 0 Å². The summed E-state index contributed by atoms with van der Waals surface area (Å²) in [7, 11) is 0. The zero-order valence-corrected chi connectivity index (χ0v) is 3.99. The fourth-order valence-corrected chi connectivity index (χ4v) is 0.510. The summed E-state index contributed by atoms with van der Waals surface area (Å²) in [4.78, 5) is 0. The lowest BCUT2D eigenvalue weighted by atomic mass is 10.5. The topological polar surface area (TPSA) is 26.0 Å². The molecule has 1 fully saturated rings. The molecule has 1 rings (SSSR count). The molecule has 0 radical (unpaired) electrons. The van der Waals surface area contributed by atoms with E-state index in [4.69, 9.17) is 5.73 Å². The average Bonchev–Trinajstić information content (AvgIpc) is 1.91. The zero-order valence-electron chi connectivity index (χ0n) is 3.99. The molecule has 1 aliphatic rings. The van der Waals surface area contributed by atoms with Crippen molar-refractivity contribution in [3.63, 3.8) is 0 Å². The Hall–Kier alpha value is -0.180. The highest BCUT2D eigenvalue weighted by Crippen LogP contribution is 2.46. The van der Waals surface area contributed by atoms with Crippen LogP contribution in [0.5, 0.6) is 0 Å². The summed E-state index contributed by atoms with van der Waals surface area (Å²) in [6.07, 6.45) is 0. The third-order valence-electron chi connectivity index (χ3n) is 1.48. The molecule has 0 saturated heterocycles. The minimum absolute atomic E-state index is 0.590. The summed E-state index contributed by atoms with van der Waals surface area (Å²) in [5.74, 6) is -3.15. The lowest BCUT2D eigenvalue weighted by Gasteiger charge is -1.83. The molecule has 2 atom stereocenters. The predicted octanol–water partition coefficient (Wildman–Crippen LogP) is 0.599. The minimum atomic E-state index is -2.56. The second-order valence-electron chi connectivity index (χ2n) is 1.99. The van der Waals surface area contributed by atoms with Crippen molar-refractivity contribution in [1.82, 2.24) is 0 Å². The van der Waals surface area contributed by atoms with Gasteiger partial charge < -0.3 is 5.73 Å². The Kier molecular flexibility index (Phi) is 0.687. The van der Waals surface area contributed by atoms with Gasteiger partial charge in [-0.05, 0) is 0 Å². The lowest BCUT2D eigenvalue weighted by Crippen LogP contribution is -2.08. The molecule has 0 aromatic carbocycles. The molecule has 3 heteroatoms. The highest BCUT2D eigenvalue weighted by atomic mass is 19.3. The molecule has 0 spiro atoms. The summed E-state index contributed by atoms with van der Waals surface area (Å²) in [6, 6.07) is -0.868. The lowest BCUT2D eigenvalue weighted by molar-refractivity contribution is 0.0969. The van der Waals surface area contributed by atoms with E-state index in [1.165, 1.54) is 6.92 Å². The van der Waals surface area contributed by atoms with Crippen LogP contribution in [-0.4, -0.2) is 12.0 Å². The Balaban J connectivity index is 2.52. The van der Waals surface area contributed by atoms with Crippen LogP contribution in [-0.2, 0) is 0 Å². The van der Waals surface area contributed by atoms with Gasteiger partial charge >= 0.3 is 0 Å². The Morgan fingerprint density at radius 3 is 1.71 bits per heavy atom. The first-order chi connectivity index (χ1) is 3.07. The third kappa shape index (κ3) is 0.445. The van der Waals surface area contributed by atoms with E-state index in [-0.39, 0.29) is 0 Å². The van der Waals surface area contributed by atoms with Crippen molar-refractivity contribution in [2.45, 2.75) is 18.9 Å². The molecule has 0 aromatic heterocycles. The Morgan fingerprint density at radius 1 is 1.57 bits per heavy atom. The highest BCUT2D eigenvalue weighted by Gasteiger charge is 2.63. The van der Waals surface area contributed by atoms with Crippen molar-refractivity contribution in [2.75, 3.05) is 0 Å². The van der Waals surface area contributed by atoms with Gasteiger partial charge in [0.15, 0.2) is 0 Å². The molecule has 2 N–H and O–H groups in total. The molecule has 2 unspecified atom stereocenters. The largest absolute Gasteiger partial charge is 0.322 e. The smallest absolute Gasteiger partial charge is 0.267 e. The van der Waals surface area contributed by atoms with Crippen molar-refractivity contribution in [1.29, 1.82) is 0 Å². The summed E-state index contributed by atoms with van der Waals surface area (Å²) in [5, 5.41) is 0. The summed E-state index contributed by atoms with van der Waals surface area (Å²) in [5.41, 5.74) is 4.89. The van der Waals surface area contributed by atoms with E-state index < -0.39 is 17.9 Å². The molecule has 0 amide bonds. The first-order valence-electron chi connectivity index (χ1n) is 2.20. The molecule has 42 valence electrons. The maximum Gasteiger partial charge on any atom is 0.267 e. The van der Waals surface area contributed by atoms with Gasteiger partial charge in [-0.3, -0.25) is 0 Å². The molecule has 0 aliphatic heterocycles. The van der Waals surface area contributed by atoms with Gasteiger partial charge in [0.05, 0.1) is 6.04 Å². The Labute approximate surface area is 40.5 Å². The summed E-state index contributed by atoms with van der Waals surface area (Å²) < 4.78 is 23.6. The number of alkyl halides is 2. The van der Waals surface area contributed by atoms with E-state index in [2.05, 4.69) is 0 Å². The van der Waals surface area contributed by atoms with E-state index in [0.29, 0.717) is 0 Å². The van der Waals surface area contributed by atoms with Crippen LogP contribution < -0.4 is 5.73 Å². The molecule has 1 saturated carbocycles. The van der Waals surface area contributed by atoms with Crippen LogP contribution in [0.25, 0.3) is 0 Å². The summed E-state index contributed by atoms with van der Waals surface area (Å²) >= 11 is 0. The van der Waals surface area contributed by atoms with Crippen LogP contribution in [0.4, 0.5) is 8.78 Å². The van der Waals surface area contributed by atoms with E-state index >= 15 is 0 Å². The van der Waals surface area contributed by atoms with Gasteiger partial charge in [0.2, 0.25) is 0 Å². The average molecular weight is 107 g/mol. The SMILES string of the molecule is CC1C(N)C1(F)F. The van der Waals surface area contributed by atoms with Gasteiger partial charge in [-0.2, -0.15) is 0 Å². The van der Waals surface area contributed by atoms with Gasteiger partial charge in [-0.15, -0.1) is 0 Å². The maximum atomic E-state index is 11.8. The van der Waals surface area contributed by atoms with Crippen LogP contribution in [0.3, 0.4) is 0 Å². The van der Waals surface area contributed by atoms with Crippen molar-refractivity contribution in [3.05, 3.63) is 0 Å². The quantitative estimate of drug-likeness (QED) is 0.482. The molecule has 0 bridgehead atoms. The van der Waals surface area contributed by atoms with E-state index in [1.807, 2.05) is 0 Å². The van der Waals surface area contributed by atoms with Gasteiger partial charge in [0.25, 0.3) is 5.92 Å². The molecular weight excluding hydrogens is 100 g/mol. The number of rotatable bonds is 0. The standard InChI is InChI=1S/C4H7F2N/c1-2-3(7)4(2,5)6/h2-3H,7H2,1H3. The van der Waals surface area contributed by atoms with E-state index in [1.54, 1.807) is 0 Å². The van der Waals surface area contributed by atoms with Crippen LogP contribution in [0, 0.1) is 5.92 Å². The van der Waals surface area contributed by atoms with Gasteiger partial charge in [-0.25, -0.2) is 8.78 Å². The van der Waals surface area contributed by atoms with E-state index in [9.17, 15) is 8.78 Å². The monoisotopic (exact) mass is 107 g/mol.